The van der Waals surface area contributed by atoms with Crippen LogP contribution in [0.2, 0.25) is 0 Å². The molecule has 2 heterocycles. The molecule has 1 aliphatic heterocycles. The molecular weight excluding hydrogens is 164 g/mol. The summed E-state index contributed by atoms with van der Waals surface area (Å²) in [5, 5.41) is 3.35. The standard InChI is InChI=1S/C10H14N2O/c1-7-10-9(3-5-11-7)4-6-12(10)8(2)13/h4,6-7,11H,3,5H2,1-2H3. The summed E-state index contributed by atoms with van der Waals surface area (Å²) in [6.45, 7) is 4.70. The second kappa shape index (κ2) is 3.00. The number of hydrogen-bond acceptors (Lipinski definition) is 2. The third-order valence-corrected chi connectivity index (χ3v) is 2.61. The fourth-order valence-corrected chi connectivity index (χ4v) is 1.98. The van der Waals surface area contributed by atoms with E-state index in [-0.39, 0.29) is 5.91 Å². The van der Waals surface area contributed by atoms with Crippen LogP contribution in [0.15, 0.2) is 12.3 Å². The molecule has 0 aromatic carbocycles. The Morgan fingerprint density at radius 3 is 3.15 bits per heavy atom. The smallest absolute Gasteiger partial charge is 0.227 e. The van der Waals surface area contributed by atoms with Crippen LogP contribution in [0.3, 0.4) is 0 Å². The summed E-state index contributed by atoms with van der Waals surface area (Å²) in [6.07, 6.45) is 2.90. The SMILES string of the molecule is CC(=O)n1ccc2c1C(C)NCC2. The number of aromatic nitrogens is 1. The molecule has 0 aliphatic carbocycles. The molecule has 13 heavy (non-hydrogen) atoms. The molecule has 1 aliphatic rings. The molecular formula is C10H14N2O. The van der Waals surface area contributed by atoms with Crippen molar-refractivity contribution in [2.45, 2.75) is 26.3 Å². The molecule has 0 bridgehead atoms. The second-order valence-electron chi connectivity index (χ2n) is 3.54. The number of nitrogens with zero attached hydrogens (tertiary/aromatic N) is 1. The molecule has 2 rings (SSSR count). The Balaban J connectivity index is 2.50. The lowest BCUT2D eigenvalue weighted by Crippen LogP contribution is -2.30. The molecule has 0 saturated carbocycles. The van der Waals surface area contributed by atoms with Crippen molar-refractivity contribution in [2.24, 2.45) is 0 Å². The van der Waals surface area contributed by atoms with Gasteiger partial charge in [0.1, 0.15) is 0 Å². The Labute approximate surface area is 77.7 Å². The van der Waals surface area contributed by atoms with Crippen molar-refractivity contribution >= 4 is 5.91 Å². The molecule has 1 unspecified atom stereocenters. The van der Waals surface area contributed by atoms with E-state index < -0.39 is 0 Å². The minimum absolute atomic E-state index is 0.0943. The van der Waals surface area contributed by atoms with Crippen molar-refractivity contribution in [2.75, 3.05) is 6.54 Å². The average Bonchev–Trinajstić information content (AvgIpc) is 2.49. The van der Waals surface area contributed by atoms with Gasteiger partial charge in [0.2, 0.25) is 5.91 Å². The van der Waals surface area contributed by atoms with Crippen molar-refractivity contribution in [1.82, 2.24) is 9.88 Å². The first-order chi connectivity index (χ1) is 6.20. The van der Waals surface area contributed by atoms with Gasteiger partial charge in [-0.3, -0.25) is 9.36 Å². The zero-order valence-corrected chi connectivity index (χ0v) is 8.00. The molecule has 1 N–H and O–H groups in total. The quantitative estimate of drug-likeness (QED) is 0.650. The van der Waals surface area contributed by atoms with Crippen molar-refractivity contribution in [3.05, 3.63) is 23.5 Å². The largest absolute Gasteiger partial charge is 0.309 e. The van der Waals surface area contributed by atoms with Gasteiger partial charge in [0, 0.05) is 24.9 Å². The maximum atomic E-state index is 11.3. The number of fused-ring (bicyclic) bond motifs is 1. The summed E-state index contributed by atoms with van der Waals surface area (Å²) in [5.41, 5.74) is 2.44. The molecule has 0 spiro atoms. The van der Waals surface area contributed by atoms with E-state index in [4.69, 9.17) is 0 Å². The fourth-order valence-electron chi connectivity index (χ4n) is 1.98. The normalized spacial score (nSPS) is 21.2. The van der Waals surface area contributed by atoms with Gasteiger partial charge in [-0.1, -0.05) is 0 Å². The summed E-state index contributed by atoms with van der Waals surface area (Å²) in [7, 11) is 0. The molecule has 0 fully saturated rings. The Kier molecular flexibility index (Phi) is 1.96. The van der Waals surface area contributed by atoms with E-state index in [1.54, 1.807) is 11.5 Å². The zero-order valence-electron chi connectivity index (χ0n) is 8.00. The van der Waals surface area contributed by atoms with Crippen LogP contribution in [-0.2, 0) is 6.42 Å². The summed E-state index contributed by atoms with van der Waals surface area (Å²) < 4.78 is 1.74. The van der Waals surface area contributed by atoms with E-state index in [0.717, 1.165) is 18.7 Å². The average molecular weight is 178 g/mol. The van der Waals surface area contributed by atoms with Crippen LogP contribution in [0.5, 0.6) is 0 Å². The van der Waals surface area contributed by atoms with Gasteiger partial charge < -0.3 is 5.32 Å². The minimum Gasteiger partial charge on any atom is -0.309 e. The minimum atomic E-state index is 0.0943. The maximum absolute atomic E-state index is 11.3. The molecule has 3 heteroatoms. The first-order valence-corrected chi connectivity index (χ1v) is 4.64. The van der Waals surface area contributed by atoms with Crippen LogP contribution in [0.4, 0.5) is 0 Å². The number of nitrogens with one attached hydrogen (secondary N) is 1. The highest BCUT2D eigenvalue weighted by molar-refractivity contribution is 5.77. The van der Waals surface area contributed by atoms with Crippen molar-refractivity contribution < 1.29 is 4.79 Å². The molecule has 70 valence electrons. The van der Waals surface area contributed by atoms with Gasteiger partial charge in [0.25, 0.3) is 0 Å². The number of carbonyl (C=O) groups is 1. The summed E-state index contributed by atoms with van der Waals surface area (Å²) in [4.78, 5) is 11.3. The third kappa shape index (κ3) is 1.29. The fraction of sp³-hybridized carbons (Fsp3) is 0.500. The van der Waals surface area contributed by atoms with Crippen LogP contribution < -0.4 is 5.32 Å². The van der Waals surface area contributed by atoms with E-state index in [0.29, 0.717) is 6.04 Å². The second-order valence-corrected chi connectivity index (χ2v) is 3.54. The van der Waals surface area contributed by atoms with Crippen LogP contribution >= 0.6 is 0 Å². The highest BCUT2D eigenvalue weighted by Gasteiger charge is 2.20. The van der Waals surface area contributed by atoms with Gasteiger partial charge in [-0.05, 0) is 31.5 Å². The topological polar surface area (TPSA) is 34.0 Å². The highest BCUT2D eigenvalue weighted by atomic mass is 16.1. The number of carbonyl (C=O) groups excluding carboxylic acids is 1. The molecule has 1 aromatic heterocycles. The van der Waals surface area contributed by atoms with Gasteiger partial charge in [0.15, 0.2) is 0 Å². The van der Waals surface area contributed by atoms with Gasteiger partial charge in [-0.25, -0.2) is 0 Å². The van der Waals surface area contributed by atoms with E-state index in [2.05, 4.69) is 12.2 Å². The molecule has 0 radical (unpaired) electrons. The van der Waals surface area contributed by atoms with Gasteiger partial charge in [-0.2, -0.15) is 0 Å². The summed E-state index contributed by atoms with van der Waals surface area (Å²) >= 11 is 0. The summed E-state index contributed by atoms with van der Waals surface area (Å²) in [5.74, 6) is 0.0943. The third-order valence-electron chi connectivity index (χ3n) is 2.61. The highest BCUT2D eigenvalue weighted by Crippen LogP contribution is 2.23. The lowest BCUT2D eigenvalue weighted by Gasteiger charge is -2.22. The van der Waals surface area contributed by atoms with E-state index in [1.807, 2.05) is 12.3 Å². The van der Waals surface area contributed by atoms with Gasteiger partial charge >= 0.3 is 0 Å². The lowest BCUT2D eigenvalue weighted by atomic mass is 10.0. The van der Waals surface area contributed by atoms with Gasteiger partial charge in [-0.15, -0.1) is 0 Å². The number of rotatable bonds is 0. The predicted octanol–water partition coefficient (Wildman–Crippen LogP) is 1.35. The van der Waals surface area contributed by atoms with Crippen LogP contribution in [-0.4, -0.2) is 17.0 Å². The van der Waals surface area contributed by atoms with Crippen molar-refractivity contribution in [3.8, 4) is 0 Å². The van der Waals surface area contributed by atoms with E-state index >= 15 is 0 Å². The first kappa shape index (κ1) is 8.51. The van der Waals surface area contributed by atoms with Gasteiger partial charge in [0.05, 0.1) is 0 Å². The number of hydrogen-bond donors (Lipinski definition) is 1. The lowest BCUT2D eigenvalue weighted by molar-refractivity contribution is 0.0931. The Morgan fingerprint density at radius 2 is 2.46 bits per heavy atom. The van der Waals surface area contributed by atoms with Crippen molar-refractivity contribution in [3.63, 3.8) is 0 Å². The monoisotopic (exact) mass is 178 g/mol. The van der Waals surface area contributed by atoms with E-state index in [1.165, 1.54) is 5.56 Å². The summed E-state index contributed by atoms with van der Waals surface area (Å²) in [6, 6.07) is 2.34. The molecule has 0 amide bonds. The molecule has 0 saturated heterocycles. The van der Waals surface area contributed by atoms with Crippen molar-refractivity contribution in [1.29, 1.82) is 0 Å². The first-order valence-electron chi connectivity index (χ1n) is 4.64. The Bertz CT molecular complexity index is 341. The predicted molar refractivity (Wildman–Crippen MR) is 50.9 cm³/mol. The molecule has 1 aromatic rings. The zero-order chi connectivity index (χ0) is 9.42. The Hall–Kier alpha value is -1.09. The molecule has 1 atom stereocenters. The molecule has 3 nitrogen and oxygen atoms in total. The van der Waals surface area contributed by atoms with Crippen LogP contribution in [0, 0.1) is 0 Å². The van der Waals surface area contributed by atoms with Crippen LogP contribution in [0.1, 0.15) is 35.9 Å². The maximum Gasteiger partial charge on any atom is 0.227 e. The van der Waals surface area contributed by atoms with E-state index in [9.17, 15) is 4.79 Å². The Morgan fingerprint density at radius 1 is 1.69 bits per heavy atom. The van der Waals surface area contributed by atoms with Crippen LogP contribution in [0.25, 0.3) is 0 Å².